The number of aryl methyl sites for hydroxylation is 1. The molecule has 0 aromatic carbocycles. The molecular weight excluding hydrogens is 268 g/mol. The Balaban J connectivity index is 1.68. The first kappa shape index (κ1) is 13.6. The second-order valence-electron chi connectivity index (χ2n) is 5.39. The number of aliphatic hydroxyl groups excluding tert-OH is 1. The Hall–Kier alpha value is -2.39. The van der Waals surface area contributed by atoms with E-state index in [0.29, 0.717) is 25.1 Å². The van der Waals surface area contributed by atoms with Crippen molar-refractivity contribution in [3.63, 3.8) is 0 Å². The number of nitriles is 1. The molecule has 2 aromatic heterocycles. The highest BCUT2D eigenvalue weighted by molar-refractivity contribution is 5.43. The summed E-state index contributed by atoms with van der Waals surface area (Å²) in [7, 11) is 0. The SMILES string of the molecule is Cc1cc(C[C@@H]2CN(c3ccc(C#N)cn3)C[C@H]2O)on1. The Morgan fingerprint density at radius 1 is 1.48 bits per heavy atom. The fraction of sp³-hybridized carbons (Fsp3) is 0.400. The molecule has 0 saturated carbocycles. The first-order chi connectivity index (χ1) is 10.2. The number of anilines is 1. The van der Waals surface area contributed by atoms with Crippen LogP contribution in [0.1, 0.15) is 17.0 Å². The van der Waals surface area contributed by atoms with Crippen LogP contribution in [0.3, 0.4) is 0 Å². The zero-order valence-electron chi connectivity index (χ0n) is 11.7. The number of aromatic nitrogens is 2. The molecule has 2 aromatic rings. The van der Waals surface area contributed by atoms with E-state index in [1.54, 1.807) is 12.3 Å². The van der Waals surface area contributed by atoms with Crippen LogP contribution >= 0.6 is 0 Å². The van der Waals surface area contributed by atoms with Crippen LogP contribution in [0.15, 0.2) is 28.9 Å². The highest BCUT2D eigenvalue weighted by Gasteiger charge is 2.32. The van der Waals surface area contributed by atoms with Gasteiger partial charge in [-0.25, -0.2) is 4.98 Å². The summed E-state index contributed by atoms with van der Waals surface area (Å²) >= 11 is 0. The third-order valence-electron chi connectivity index (χ3n) is 3.75. The van der Waals surface area contributed by atoms with E-state index < -0.39 is 6.10 Å². The van der Waals surface area contributed by atoms with Crippen LogP contribution in [0.25, 0.3) is 0 Å². The van der Waals surface area contributed by atoms with Crippen LogP contribution in [0.5, 0.6) is 0 Å². The van der Waals surface area contributed by atoms with Crippen molar-refractivity contribution in [1.29, 1.82) is 5.26 Å². The maximum atomic E-state index is 10.2. The summed E-state index contributed by atoms with van der Waals surface area (Å²) in [5.74, 6) is 1.67. The lowest BCUT2D eigenvalue weighted by atomic mass is 10.0. The van der Waals surface area contributed by atoms with Crippen molar-refractivity contribution >= 4 is 5.82 Å². The van der Waals surface area contributed by atoms with Gasteiger partial charge in [-0.3, -0.25) is 0 Å². The minimum Gasteiger partial charge on any atom is -0.391 e. The number of pyridine rings is 1. The Morgan fingerprint density at radius 3 is 2.95 bits per heavy atom. The molecule has 0 unspecified atom stereocenters. The van der Waals surface area contributed by atoms with Gasteiger partial charge < -0.3 is 14.5 Å². The monoisotopic (exact) mass is 284 g/mol. The summed E-state index contributed by atoms with van der Waals surface area (Å²) < 4.78 is 5.21. The van der Waals surface area contributed by atoms with E-state index in [9.17, 15) is 5.11 Å². The fourth-order valence-corrected chi connectivity index (χ4v) is 2.65. The van der Waals surface area contributed by atoms with E-state index in [1.807, 2.05) is 30.0 Å². The second-order valence-corrected chi connectivity index (χ2v) is 5.39. The average molecular weight is 284 g/mol. The minimum absolute atomic E-state index is 0.0924. The molecule has 3 rings (SSSR count). The lowest BCUT2D eigenvalue weighted by Crippen LogP contribution is -2.21. The molecule has 1 aliphatic heterocycles. The number of hydrogen-bond donors (Lipinski definition) is 1. The van der Waals surface area contributed by atoms with Gasteiger partial charge in [0.05, 0.1) is 17.4 Å². The van der Waals surface area contributed by atoms with Crippen molar-refractivity contribution in [2.45, 2.75) is 19.4 Å². The number of nitrogens with zero attached hydrogens (tertiary/aromatic N) is 4. The summed E-state index contributed by atoms with van der Waals surface area (Å²) in [6, 6.07) is 7.50. The highest BCUT2D eigenvalue weighted by atomic mass is 16.5. The van der Waals surface area contributed by atoms with Crippen molar-refractivity contribution in [3.8, 4) is 6.07 Å². The first-order valence-corrected chi connectivity index (χ1v) is 6.87. The molecule has 0 aliphatic carbocycles. The van der Waals surface area contributed by atoms with Crippen LogP contribution in [0, 0.1) is 24.2 Å². The molecule has 1 N–H and O–H groups in total. The number of β-amino-alcohol motifs (C(OH)–C–C–N with tert-alkyl or cyclic N) is 1. The van der Waals surface area contributed by atoms with Crippen molar-refractivity contribution < 1.29 is 9.63 Å². The maximum absolute atomic E-state index is 10.2. The lowest BCUT2D eigenvalue weighted by Gasteiger charge is -2.16. The summed E-state index contributed by atoms with van der Waals surface area (Å²) in [5, 5.41) is 22.9. The third kappa shape index (κ3) is 2.88. The van der Waals surface area contributed by atoms with Crippen molar-refractivity contribution in [2.75, 3.05) is 18.0 Å². The Kier molecular flexibility index (Phi) is 3.59. The van der Waals surface area contributed by atoms with Gasteiger partial charge in [-0.05, 0) is 19.1 Å². The molecule has 3 heterocycles. The second kappa shape index (κ2) is 5.54. The predicted octanol–water partition coefficient (Wildman–Crippen LogP) is 1.29. The molecule has 108 valence electrons. The van der Waals surface area contributed by atoms with Gasteiger partial charge in [0.2, 0.25) is 0 Å². The average Bonchev–Trinajstić information content (AvgIpc) is 3.06. The minimum atomic E-state index is -0.423. The van der Waals surface area contributed by atoms with E-state index in [2.05, 4.69) is 10.1 Å². The molecule has 1 fully saturated rings. The molecule has 0 amide bonds. The molecule has 6 heteroatoms. The lowest BCUT2D eigenvalue weighted by molar-refractivity contribution is 0.143. The summed E-state index contributed by atoms with van der Waals surface area (Å²) in [5.41, 5.74) is 1.38. The number of hydrogen-bond acceptors (Lipinski definition) is 6. The van der Waals surface area contributed by atoms with Gasteiger partial charge in [-0.15, -0.1) is 0 Å². The van der Waals surface area contributed by atoms with Gasteiger partial charge in [0.1, 0.15) is 17.6 Å². The Bertz CT molecular complexity index is 659. The first-order valence-electron chi connectivity index (χ1n) is 6.87. The predicted molar refractivity (Wildman–Crippen MR) is 75.6 cm³/mol. The summed E-state index contributed by atoms with van der Waals surface area (Å²) in [6.45, 7) is 3.13. The van der Waals surface area contributed by atoms with Gasteiger partial charge >= 0.3 is 0 Å². The smallest absolute Gasteiger partial charge is 0.137 e. The topological polar surface area (TPSA) is 86.2 Å². The number of rotatable bonds is 3. The Morgan fingerprint density at radius 2 is 2.33 bits per heavy atom. The molecule has 0 bridgehead atoms. The van der Waals surface area contributed by atoms with Gasteiger partial charge in [-0.2, -0.15) is 5.26 Å². The van der Waals surface area contributed by atoms with Crippen LogP contribution in [-0.4, -0.2) is 34.4 Å². The zero-order chi connectivity index (χ0) is 14.8. The quantitative estimate of drug-likeness (QED) is 0.914. The van der Waals surface area contributed by atoms with Crippen LogP contribution in [0.4, 0.5) is 5.82 Å². The molecular formula is C15H16N4O2. The van der Waals surface area contributed by atoms with Gasteiger partial charge in [0.15, 0.2) is 0 Å². The third-order valence-corrected chi connectivity index (χ3v) is 3.75. The molecule has 1 saturated heterocycles. The van der Waals surface area contributed by atoms with E-state index in [1.165, 1.54) is 0 Å². The molecule has 0 radical (unpaired) electrons. The van der Waals surface area contributed by atoms with Gasteiger partial charge in [0, 0.05) is 37.7 Å². The standard InChI is InChI=1S/C15H16N4O2/c1-10-4-13(21-18-10)5-12-8-19(9-14(12)20)15-3-2-11(6-16)7-17-15/h2-4,7,12,14,20H,5,8-9H2,1H3/t12-,14-/m1/s1. The van der Waals surface area contributed by atoms with Crippen LogP contribution in [-0.2, 0) is 6.42 Å². The highest BCUT2D eigenvalue weighted by Crippen LogP contribution is 2.25. The normalized spacial score (nSPS) is 21.5. The van der Waals surface area contributed by atoms with E-state index in [-0.39, 0.29) is 5.92 Å². The summed E-state index contributed by atoms with van der Waals surface area (Å²) in [4.78, 5) is 6.30. The van der Waals surface area contributed by atoms with Crippen molar-refractivity contribution in [1.82, 2.24) is 10.1 Å². The van der Waals surface area contributed by atoms with Crippen LogP contribution in [0.2, 0.25) is 0 Å². The van der Waals surface area contributed by atoms with Gasteiger partial charge in [0.25, 0.3) is 0 Å². The number of aliphatic hydroxyl groups is 1. The van der Waals surface area contributed by atoms with Gasteiger partial charge in [-0.1, -0.05) is 5.16 Å². The molecule has 2 atom stereocenters. The molecule has 21 heavy (non-hydrogen) atoms. The summed E-state index contributed by atoms with van der Waals surface area (Å²) in [6.07, 6.45) is 1.79. The van der Waals surface area contributed by atoms with Crippen molar-refractivity contribution in [3.05, 3.63) is 41.4 Å². The van der Waals surface area contributed by atoms with E-state index in [0.717, 1.165) is 17.3 Å². The maximum Gasteiger partial charge on any atom is 0.137 e. The zero-order valence-corrected chi connectivity index (χ0v) is 11.7. The van der Waals surface area contributed by atoms with E-state index >= 15 is 0 Å². The molecule has 0 spiro atoms. The largest absolute Gasteiger partial charge is 0.391 e. The molecule has 1 aliphatic rings. The molecule has 6 nitrogen and oxygen atoms in total. The fourth-order valence-electron chi connectivity index (χ4n) is 2.65. The van der Waals surface area contributed by atoms with Crippen molar-refractivity contribution in [2.24, 2.45) is 5.92 Å². The Labute approximate surface area is 122 Å². The van der Waals surface area contributed by atoms with E-state index in [4.69, 9.17) is 9.78 Å². The van der Waals surface area contributed by atoms with Crippen LogP contribution < -0.4 is 4.90 Å².